The van der Waals surface area contributed by atoms with Crippen molar-refractivity contribution in [3.8, 4) is 5.75 Å². The Hall–Kier alpha value is -2.42. The molecule has 1 fully saturated rings. The van der Waals surface area contributed by atoms with Crippen molar-refractivity contribution in [3.05, 3.63) is 57.0 Å². The number of aromatic carboxylic acids is 1. The van der Waals surface area contributed by atoms with Gasteiger partial charge in [0.15, 0.2) is 6.61 Å². The van der Waals surface area contributed by atoms with E-state index in [0.29, 0.717) is 47.2 Å². The van der Waals surface area contributed by atoms with Crippen molar-refractivity contribution in [1.29, 1.82) is 0 Å². The number of carboxylic acid groups (broad SMARTS) is 1. The van der Waals surface area contributed by atoms with Gasteiger partial charge >= 0.3 is 5.97 Å². The van der Waals surface area contributed by atoms with E-state index >= 15 is 0 Å². The minimum Gasteiger partial charge on any atom is -0.483 e. The van der Waals surface area contributed by atoms with Crippen molar-refractivity contribution in [2.45, 2.75) is 0 Å². The number of aliphatic imine (C=N–C) groups is 1. The molecule has 0 aliphatic carbocycles. The van der Waals surface area contributed by atoms with Crippen LogP contribution in [-0.4, -0.2) is 61.0 Å². The van der Waals surface area contributed by atoms with Gasteiger partial charge in [0.05, 0.1) is 34.0 Å². The van der Waals surface area contributed by atoms with Gasteiger partial charge in [-0.1, -0.05) is 11.6 Å². The summed E-state index contributed by atoms with van der Waals surface area (Å²) in [6.45, 7) is 2.18. The highest BCUT2D eigenvalue weighted by Crippen LogP contribution is 2.28. The Morgan fingerprint density at radius 1 is 1.24 bits per heavy atom. The summed E-state index contributed by atoms with van der Waals surface area (Å²) in [6.07, 6.45) is 1.57. The number of carbonyl (C=O) groups excluding carboxylic acids is 1. The van der Waals surface area contributed by atoms with Crippen molar-refractivity contribution in [2.24, 2.45) is 4.99 Å². The zero-order chi connectivity index (χ0) is 20.8. The van der Waals surface area contributed by atoms with Gasteiger partial charge in [-0.3, -0.25) is 9.79 Å². The second-order valence-corrected chi connectivity index (χ2v) is 7.46. The molecule has 2 aromatic rings. The van der Waals surface area contributed by atoms with E-state index in [4.69, 9.17) is 26.2 Å². The fraction of sp³-hybridized carbons (Fsp3) is 0.250. The third-order valence-corrected chi connectivity index (χ3v) is 5.16. The molecule has 1 aliphatic rings. The van der Waals surface area contributed by atoms with Gasteiger partial charge in [-0.05, 0) is 57.9 Å². The standard InChI is InChI=1S/C20H18BrClN2O5/c21-15-9-13(11-23-17-10-14(20(26)27)2-3-16(17)22)1-4-18(15)29-12-19(25)24-5-7-28-8-6-24/h1-4,9-11H,5-8,12H2,(H,26,27). The highest BCUT2D eigenvalue weighted by Gasteiger charge is 2.17. The van der Waals surface area contributed by atoms with Gasteiger partial charge in [0, 0.05) is 19.3 Å². The largest absolute Gasteiger partial charge is 0.483 e. The number of hydrogen-bond acceptors (Lipinski definition) is 5. The van der Waals surface area contributed by atoms with E-state index in [1.54, 1.807) is 29.3 Å². The first-order chi connectivity index (χ1) is 13.9. The van der Waals surface area contributed by atoms with Crippen LogP contribution in [0.4, 0.5) is 5.69 Å². The lowest BCUT2D eigenvalue weighted by Crippen LogP contribution is -2.43. The lowest BCUT2D eigenvalue weighted by molar-refractivity contribution is -0.137. The molecule has 1 aliphatic heterocycles. The molecule has 1 heterocycles. The van der Waals surface area contributed by atoms with E-state index in [1.165, 1.54) is 18.2 Å². The Kier molecular flexibility index (Phi) is 7.24. The first-order valence-corrected chi connectivity index (χ1v) is 9.96. The molecule has 0 unspecified atom stereocenters. The van der Waals surface area contributed by atoms with Crippen LogP contribution in [-0.2, 0) is 9.53 Å². The summed E-state index contributed by atoms with van der Waals surface area (Å²) in [5, 5.41) is 9.43. The number of nitrogens with zero attached hydrogens (tertiary/aromatic N) is 2. The van der Waals surface area contributed by atoms with E-state index in [-0.39, 0.29) is 18.1 Å². The smallest absolute Gasteiger partial charge is 0.335 e. The molecule has 0 saturated carbocycles. The predicted octanol–water partition coefficient (Wildman–Crippen LogP) is 3.79. The van der Waals surface area contributed by atoms with E-state index in [1.807, 2.05) is 0 Å². The first-order valence-electron chi connectivity index (χ1n) is 8.79. The van der Waals surface area contributed by atoms with Crippen molar-refractivity contribution in [3.63, 3.8) is 0 Å². The number of benzene rings is 2. The van der Waals surface area contributed by atoms with Gasteiger partial charge in [-0.2, -0.15) is 0 Å². The fourth-order valence-corrected chi connectivity index (χ4v) is 3.32. The van der Waals surface area contributed by atoms with Crippen LogP contribution in [0.1, 0.15) is 15.9 Å². The molecular formula is C20H18BrClN2O5. The SMILES string of the molecule is O=C(O)c1ccc(Cl)c(N=Cc2ccc(OCC(=O)N3CCOCC3)c(Br)c2)c1. The van der Waals surface area contributed by atoms with Crippen molar-refractivity contribution in [2.75, 3.05) is 32.9 Å². The summed E-state index contributed by atoms with van der Waals surface area (Å²) in [7, 11) is 0. The van der Waals surface area contributed by atoms with Crippen molar-refractivity contribution >= 4 is 51.3 Å². The number of halogens is 2. The molecule has 3 rings (SSSR count). The molecule has 29 heavy (non-hydrogen) atoms. The van der Waals surface area contributed by atoms with Gasteiger partial charge < -0.3 is 19.5 Å². The van der Waals surface area contributed by atoms with Gasteiger partial charge in [0.2, 0.25) is 0 Å². The Labute approximate surface area is 181 Å². The predicted molar refractivity (Wildman–Crippen MR) is 113 cm³/mol. The van der Waals surface area contributed by atoms with Crippen LogP contribution in [0, 0.1) is 0 Å². The number of carbonyl (C=O) groups is 2. The van der Waals surface area contributed by atoms with E-state index in [2.05, 4.69) is 20.9 Å². The van der Waals surface area contributed by atoms with Crippen molar-refractivity contribution in [1.82, 2.24) is 4.90 Å². The quantitative estimate of drug-likeness (QED) is 0.634. The number of amides is 1. The molecule has 9 heteroatoms. The van der Waals surface area contributed by atoms with E-state index in [9.17, 15) is 9.59 Å². The van der Waals surface area contributed by atoms with E-state index in [0.717, 1.165) is 5.56 Å². The molecule has 0 aromatic heterocycles. The number of carboxylic acids is 1. The lowest BCUT2D eigenvalue weighted by atomic mass is 10.2. The van der Waals surface area contributed by atoms with Crippen LogP contribution in [0.25, 0.3) is 0 Å². The van der Waals surface area contributed by atoms with Crippen LogP contribution in [0.2, 0.25) is 5.02 Å². The number of ether oxygens (including phenoxy) is 2. The number of morpholine rings is 1. The molecule has 0 atom stereocenters. The minimum atomic E-state index is -1.05. The Bertz CT molecular complexity index is 944. The Balaban J connectivity index is 1.65. The molecule has 1 saturated heterocycles. The van der Waals surface area contributed by atoms with Gasteiger partial charge in [0.1, 0.15) is 5.75 Å². The lowest BCUT2D eigenvalue weighted by Gasteiger charge is -2.26. The first kappa shape index (κ1) is 21.3. The number of rotatable bonds is 6. The maximum absolute atomic E-state index is 12.2. The molecular weight excluding hydrogens is 464 g/mol. The Morgan fingerprint density at radius 3 is 2.69 bits per heavy atom. The summed E-state index contributed by atoms with van der Waals surface area (Å²) in [5.74, 6) is -0.595. The van der Waals surface area contributed by atoms with Crippen LogP contribution in [0.15, 0.2) is 45.9 Å². The van der Waals surface area contributed by atoms with Gasteiger partial charge in [0.25, 0.3) is 5.91 Å². The molecule has 7 nitrogen and oxygen atoms in total. The highest BCUT2D eigenvalue weighted by molar-refractivity contribution is 9.10. The maximum atomic E-state index is 12.2. The summed E-state index contributed by atoms with van der Waals surface area (Å²) >= 11 is 9.51. The third-order valence-electron chi connectivity index (χ3n) is 4.22. The van der Waals surface area contributed by atoms with E-state index < -0.39 is 5.97 Å². The molecule has 1 amide bonds. The molecule has 2 aromatic carbocycles. The second kappa shape index (κ2) is 9.87. The van der Waals surface area contributed by atoms with Crippen LogP contribution in [0.5, 0.6) is 5.75 Å². The van der Waals surface area contributed by atoms with Crippen LogP contribution in [0.3, 0.4) is 0 Å². The monoisotopic (exact) mass is 480 g/mol. The second-order valence-electron chi connectivity index (χ2n) is 6.20. The fourth-order valence-electron chi connectivity index (χ4n) is 2.65. The average molecular weight is 482 g/mol. The topological polar surface area (TPSA) is 88.4 Å². The maximum Gasteiger partial charge on any atom is 0.335 e. The normalized spacial score (nSPS) is 14.2. The minimum absolute atomic E-state index is 0.0520. The molecule has 0 bridgehead atoms. The third kappa shape index (κ3) is 5.79. The Morgan fingerprint density at radius 2 is 2.00 bits per heavy atom. The van der Waals surface area contributed by atoms with Crippen molar-refractivity contribution < 1.29 is 24.2 Å². The molecule has 152 valence electrons. The summed E-state index contributed by atoms with van der Waals surface area (Å²) < 4.78 is 11.5. The zero-order valence-corrected chi connectivity index (χ0v) is 17.6. The van der Waals surface area contributed by atoms with Crippen LogP contribution < -0.4 is 4.74 Å². The average Bonchev–Trinajstić information content (AvgIpc) is 2.72. The highest BCUT2D eigenvalue weighted by atomic mass is 79.9. The van der Waals surface area contributed by atoms with Gasteiger partial charge in [-0.25, -0.2) is 4.79 Å². The van der Waals surface area contributed by atoms with Crippen LogP contribution >= 0.6 is 27.5 Å². The number of hydrogen-bond donors (Lipinski definition) is 1. The van der Waals surface area contributed by atoms with Gasteiger partial charge in [-0.15, -0.1) is 0 Å². The summed E-state index contributed by atoms with van der Waals surface area (Å²) in [6, 6.07) is 9.61. The molecule has 1 N–H and O–H groups in total. The molecule has 0 spiro atoms. The summed E-state index contributed by atoms with van der Waals surface area (Å²) in [4.78, 5) is 29.2. The summed E-state index contributed by atoms with van der Waals surface area (Å²) in [5.41, 5.74) is 1.22. The zero-order valence-electron chi connectivity index (χ0n) is 15.3. The molecule has 0 radical (unpaired) electrons.